The quantitative estimate of drug-likeness (QED) is 0.905. The lowest BCUT2D eigenvalue weighted by Crippen LogP contribution is -2.45. The van der Waals surface area contributed by atoms with Gasteiger partial charge in [0, 0.05) is 23.3 Å². The van der Waals surface area contributed by atoms with Crippen molar-refractivity contribution in [1.82, 2.24) is 15.1 Å². The number of nitrogens with one attached hydrogen (secondary N) is 1. The minimum Gasteiger partial charge on any atom is -0.349 e. The zero-order valence-electron chi connectivity index (χ0n) is 11.8. The van der Waals surface area contributed by atoms with Crippen molar-refractivity contribution in [2.75, 3.05) is 6.54 Å². The first-order chi connectivity index (χ1) is 9.35. The zero-order chi connectivity index (χ0) is 14.8. The van der Waals surface area contributed by atoms with E-state index < -0.39 is 5.54 Å². The smallest absolute Gasteiger partial charge is 0.271 e. The fraction of sp³-hybridized carbons (Fsp3) is 0.286. The van der Waals surface area contributed by atoms with Gasteiger partial charge in [-0.15, -0.1) is 12.4 Å². The first-order valence-electron chi connectivity index (χ1n) is 6.24. The number of carbonyl (C=O) groups is 1. The van der Waals surface area contributed by atoms with Gasteiger partial charge in [0.1, 0.15) is 0 Å². The van der Waals surface area contributed by atoms with E-state index >= 15 is 0 Å². The van der Waals surface area contributed by atoms with Crippen LogP contribution in [0.15, 0.2) is 36.5 Å². The minimum atomic E-state index is -0.453. The van der Waals surface area contributed by atoms with Crippen LogP contribution in [0.3, 0.4) is 0 Å². The van der Waals surface area contributed by atoms with Gasteiger partial charge in [-0.3, -0.25) is 4.79 Å². The van der Waals surface area contributed by atoms with E-state index in [1.165, 1.54) is 0 Å². The number of carbonyl (C=O) groups excluding carboxylic acids is 1. The fourth-order valence-corrected chi connectivity index (χ4v) is 1.79. The first kappa shape index (κ1) is 17.5. The molecule has 0 aliphatic heterocycles. The van der Waals surface area contributed by atoms with Crippen LogP contribution in [0.2, 0.25) is 5.02 Å². The summed E-state index contributed by atoms with van der Waals surface area (Å²) in [5.41, 5.74) is 6.51. The standard InChI is InChI=1S/C14H17ClN4O.ClH/c1-14(2,16)9-17-13(20)12-6-7-19(18-12)11-5-3-4-10(15)8-11;/h3-8H,9,16H2,1-2H3,(H,17,20);1H. The molecule has 1 heterocycles. The Labute approximate surface area is 134 Å². The summed E-state index contributed by atoms with van der Waals surface area (Å²) in [5.74, 6) is -0.246. The number of nitrogens with zero attached hydrogens (tertiary/aromatic N) is 2. The maximum absolute atomic E-state index is 11.9. The number of aromatic nitrogens is 2. The topological polar surface area (TPSA) is 72.9 Å². The summed E-state index contributed by atoms with van der Waals surface area (Å²) in [6.07, 6.45) is 1.72. The number of amides is 1. The van der Waals surface area contributed by atoms with E-state index in [2.05, 4.69) is 10.4 Å². The van der Waals surface area contributed by atoms with Crippen LogP contribution in [0, 0.1) is 0 Å². The molecule has 114 valence electrons. The summed E-state index contributed by atoms with van der Waals surface area (Å²) >= 11 is 5.93. The highest BCUT2D eigenvalue weighted by Crippen LogP contribution is 2.14. The highest BCUT2D eigenvalue weighted by atomic mass is 35.5. The van der Waals surface area contributed by atoms with Gasteiger partial charge < -0.3 is 11.1 Å². The number of rotatable bonds is 4. The third-order valence-corrected chi connectivity index (χ3v) is 2.83. The molecule has 5 nitrogen and oxygen atoms in total. The number of hydrogen-bond donors (Lipinski definition) is 2. The van der Waals surface area contributed by atoms with Crippen molar-refractivity contribution in [3.63, 3.8) is 0 Å². The van der Waals surface area contributed by atoms with Gasteiger partial charge >= 0.3 is 0 Å². The molecule has 0 aliphatic carbocycles. The molecule has 0 saturated heterocycles. The summed E-state index contributed by atoms with van der Waals surface area (Å²) in [6.45, 7) is 4.07. The molecule has 0 radical (unpaired) electrons. The second-order valence-electron chi connectivity index (χ2n) is 5.30. The Morgan fingerprint density at radius 1 is 1.43 bits per heavy atom. The molecule has 1 aromatic carbocycles. The number of nitrogens with two attached hydrogens (primary N) is 1. The fourth-order valence-electron chi connectivity index (χ4n) is 1.61. The maximum atomic E-state index is 11.9. The van der Waals surface area contributed by atoms with Gasteiger partial charge in [0.25, 0.3) is 5.91 Å². The van der Waals surface area contributed by atoms with Crippen molar-refractivity contribution in [3.05, 3.63) is 47.2 Å². The Balaban J connectivity index is 0.00000220. The normalized spacial score (nSPS) is 10.9. The molecule has 0 saturated carbocycles. The minimum absolute atomic E-state index is 0. The number of hydrogen-bond acceptors (Lipinski definition) is 3. The van der Waals surface area contributed by atoms with Crippen LogP contribution in [0.4, 0.5) is 0 Å². The van der Waals surface area contributed by atoms with Crippen molar-refractivity contribution >= 4 is 29.9 Å². The van der Waals surface area contributed by atoms with Gasteiger partial charge in [-0.25, -0.2) is 4.68 Å². The van der Waals surface area contributed by atoms with E-state index in [0.717, 1.165) is 5.69 Å². The van der Waals surface area contributed by atoms with Crippen molar-refractivity contribution < 1.29 is 4.79 Å². The molecule has 0 atom stereocenters. The summed E-state index contributed by atoms with van der Waals surface area (Å²) in [7, 11) is 0. The predicted octanol–water partition coefficient (Wildman–Crippen LogP) is 2.41. The van der Waals surface area contributed by atoms with Crippen molar-refractivity contribution in [2.24, 2.45) is 5.73 Å². The lowest BCUT2D eigenvalue weighted by atomic mass is 10.1. The maximum Gasteiger partial charge on any atom is 0.271 e. The molecule has 21 heavy (non-hydrogen) atoms. The second-order valence-corrected chi connectivity index (χ2v) is 5.73. The summed E-state index contributed by atoms with van der Waals surface area (Å²) in [4.78, 5) is 11.9. The Kier molecular flexibility index (Phi) is 5.78. The van der Waals surface area contributed by atoms with Crippen molar-refractivity contribution in [3.8, 4) is 5.69 Å². The summed E-state index contributed by atoms with van der Waals surface area (Å²) in [5, 5.41) is 7.60. The summed E-state index contributed by atoms with van der Waals surface area (Å²) < 4.78 is 1.61. The molecule has 2 rings (SSSR count). The van der Waals surface area contributed by atoms with E-state index in [9.17, 15) is 4.79 Å². The highest BCUT2D eigenvalue weighted by molar-refractivity contribution is 6.30. The molecule has 0 bridgehead atoms. The lowest BCUT2D eigenvalue weighted by molar-refractivity contribution is 0.0940. The molecule has 3 N–H and O–H groups in total. The third kappa shape index (κ3) is 5.04. The first-order valence-corrected chi connectivity index (χ1v) is 6.62. The number of halogens is 2. The second kappa shape index (κ2) is 6.93. The van der Waals surface area contributed by atoms with Crippen LogP contribution >= 0.6 is 24.0 Å². The van der Waals surface area contributed by atoms with E-state index in [1.807, 2.05) is 26.0 Å². The van der Waals surface area contributed by atoms with Crippen LogP contribution in [0.1, 0.15) is 24.3 Å². The van der Waals surface area contributed by atoms with Gasteiger partial charge in [-0.05, 0) is 38.1 Å². The van der Waals surface area contributed by atoms with E-state index in [-0.39, 0.29) is 18.3 Å². The molecular weight excluding hydrogens is 311 g/mol. The van der Waals surface area contributed by atoms with Gasteiger partial charge in [0.2, 0.25) is 0 Å². The van der Waals surface area contributed by atoms with Gasteiger partial charge in [0.15, 0.2) is 5.69 Å². The monoisotopic (exact) mass is 328 g/mol. The molecule has 1 aromatic heterocycles. The van der Waals surface area contributed by atoms with Crippen LogP contribution in [-0.2, 0) is 0 Å². The molecule has 0 unspecified atom stereocenters. The molecular formula is C14H18Cl2N4O. The Bertz CT molecular complexity index is 619. The number of benzene rings is 1. The third-order valence-electron chi connectivity index (χ3n) is 2.60. The van der Waals surface area contributed by atoms with Gasteiger partial charge in [-0.1, -0.05) is 17.7 Å². The van der Waals surface area contributed by atoms with E-state index in [1.54, 1.807) is 29.1 Å². The highest BCUT2D eigenvalue weighted by Gasteiger charge is 2.15. The van der Waals surface area contributed by atoms with Crippen molar-refractivity contribution in [2.45, 2.75) is 19.4 Å². The van der Waals surface area contributed by atoms with E-state index in [0.29, 0.717) is 17.3 Å². The Morgan fingerprint density at radius 2 is 2.14 bits per heavy atom. The average molecular weight is 329 g/mol. The van der Waals surface area contributed by atoms with E-state index in [4.69, 9.17) is 17.3 Å². The molecule has 0 aliphatic rings. The molecule has 0 spiro atoms. The van der Waals surface area contributed by atoms with Gasteiger partial charge in [-0.2, -0.15) is 5.10 Å². The van der Waals surface area contributed by atoms with Crippen LogP contribution < -0.4 is 11.1 Å². The Morgan fingerprint density at radius 3 is 2.76 bits per heavy atom. The SMILES string of the molecule is CC(C)(N)CNC(=O)c1ccn(-c2cccc(Cl)c2)n1.Cl. The predicted molar refractivity (Wildman–Crippen MR) is 86.4 cm³/mol. The van der Waals surface area contributed by atoms with Gasteiger partial charge in [0.05, 0.1) is 5.69 Å². The van der Waals surface area contributed by atoms with Crippen LogP contribution in [0.5, 0.6) is 0 Å². The molecule has 0 fully saturated rings. The molecule has 1 amide bonds. The lowest BCUT2D eigenvalue weighted by Gasteiger charge is -2.18. The largest absolute Gasteiger partial charge is 0.349 e. The van der Waals surface area contributed by atoms with Crippen LogP contribution in [0.25, 0.3) is 5.69 Å². The average Bonchev–Trinajstić information content (AvgIpc) is 2.84. The molecule has 7 heteroatoms. The summed E-state index contributed by atoms with van der Waals surface area (Å²) in [6, 6.07) is 8.91. The Hall–Kier alpha value is -1.56. The van der Waals surface area contributed by atoms with Crippen LogP contribution in [-0.4, -0.2) is 27.8 Å². The van der Waals surface area contributed by atoms with Crippen molar-refractivity contribution in [1.29, 1.82) is 0 Å². The molecule has 2 aromatic rings. The zero-order valence-corrected chi connectivity index (χ0v) is 13.4.